The third-order valence-electron chi connectivity index (χ3n) is 4.28. The number of rotatable bonds is 5. The van der Waals surface area contributed by atoms with Gasteiger partial charge in [-0.1, -0.05) is 20.8 Å². The van der Waals surface area contributed by atoms with Crippen LogP contribution in [0.5, 0.6) is 0 Å². The first-order valence-electron chi connectivity index (χ1n) is 7.19. The molecule has 0 aromatic rings. The van der Waals surface area contributed by atoms with Crippen LogP contribution in [0.15, 0.2) is 0 Å². The van der Waals surface area contributed by atoms with Crippen molar-refractivity contribution in [3.8, 4) is 0 Å². The number of fused-ring (bicyclic) bond motifs is 2. The maximum absolute atomic E-state index is 6.01. The molecule has 100 valence electrons. The van der Waals surface area contributed by atoms with Gasteiger partial charge in [0.05, 0.1) is 12.2 Å². The molecule has 2 rings (SSSR count). The lowest BCUT2D eigenvalue weighted by Gasteiger charge is -2.40. The normalized spacial score (nSPS) is 33.0. The number of nitrogens with two attached hydrogens (primary N) is 1. The highest BCUT2D eigenvalue weighted by atomic mass is 16.5. The van der Waals surface area contributed by atoms with Gasteiger partial charge in [-0.25, -0.2) is 0 Å². The Balaban J connectivity index is 1.93. The summed E-state index contributed by atoms with van der Waals surface area (Å²) in [5.74, 6) is 1.45. The number of ether oxygens (including phenoxy) is 1. The molecule has 0 aliphatic carbocycles. The molecule has 0 radical (unpaired) electrons. The van der Waals surface area contributed by atoms with Gasteiger partial charge in [0.15, 0.2) is 0 Å². The zero-order valence-corrected chi connectivity index (χ0v) is 11.6. The van der Waals surface area contributed by atoms with Crippen LogP contribution in [0, 0.1) is 11.8 Å². The summed E-state index contributed by atoms with van der Waals surface area (Å²) >= 11 is 0. The average molecular weight is 240 g/mol. The van der Waals surface area contributed by atoms with Crippen molar-refractivity contribution in [3.05, 3.63) is 0 Å². The van der Waals surface area contributed by atoms with Crippen LogP contribution < -0.4 is 5.73 Å². The molecule has 4 atom stereocenters. The Labute approximate surface area is 106 Å². The smallest absolute Gasteiger partial charge is 0.0707 e. The van der Waals surface area contributed by atoms with Crippen molar-refractivity contribution in [2.45, 2.75) is 58.3 Å². The second kappa shape index (κ2) is 5.68. The molecule has 17 heavy (non-hydrogen) atoms. The van der Waals surface area contributed by atoms with Crippen LogP contribution in [0.1, 0.15) is 40.0 Å². The lowest BCUT2D eigenvalue weighted by molar-refractivity contribution is -0.0595. The average Bonchev–Trinajstić information content (AvgIpc) is 2.58. The van der Waals surface area contributed by atoms with Gasteiger partial charge in [-0.2, -0.15) is 0 Å². The highest BCUT2D eigenvalue weighted by Gasteiger charge is 2.37. The Morgan fingerprint density at radius 2 is 1.76 bits per heavy atom. The van der Waals surface area contributed by atoms with Crippen LogP contribution in [-0.4, -0.2) is 42.8 Å². The maximum atomic E-state index is 6.01. The van der Waals surface area contributed by atoms with Crippen molar-refractivity contribution >= 4 is 0 Å². The Morgan fingerprint density at radius 3 is 2.24 bits per heavy atom. The van der Waals surface area contributed by atoms with Crippen molar-refractivity contribution in [1.29, 1.82) is 0 Å². The lowest BCUT2D eigenvalue weighted by atomic mass is 9.90. The van der Waals surface area contributed by atoms with Gasteiger partial charge >= 0.3 is 0 Å². The third kappa shape index (κ3) is 3.21. The largest absolute Gasteiger partial charge is 0.372 e. The molecule has 0 amide bonds. The van der Waals surface area contributed by atoms with E-state index < -0.39 is 0 Å². The minimum atomic E-state index is 0.481. The molecule has 2 fully saturated rings. The summed E-state index contributed by atoms with van der Waals surface area (Å²) in [5, 5.41) is 0. The summed E-state index contributed by atoms with van der Waals surface area (Å²) < 4.78 is 5.90. The van der Waals surface area contributed by atoms with Crippen LogP contribution in [0.2, 0.25) is 0 Å². The summed E-state index contributed by atoms with van der Waals surface area (Å²) in [5.41, 5.74) is 6.01. The predicted molar refractivity (Wildman–Crippen MR) is 70.9 cm³/mol. The monoisotopic (exact) mass is 240 g/mol. The second-order valence-electron chi connectivity index (χ2n) is 6.32. The summed E-state index contributed by atoms with van der Waals surface area (Å²) in [6.07, 6.45) is 4.73. The van der Waals surface area contributed by atoms with Gasteiger partial charge in [0.25, 0.3) is 0 Å². The first kappa shape index (κ1) is 13.3. The molecular weight excluding hydrogens is 212 g/mol. The first-order chi connectivity index (χ1) is 8.10. The van der Waals surface area contributed by atoms with E-state index >= 15 is 0 Å². The van der Waals surface area contributed by atoms with Crippen molar-refractivity contribution in [1.82, 2.24) is 4.90 Å². The van der Waals surface area contributed by atoms with Gasteiger partial charge in [-0.3, -0.25) is 4.90 Å². The minimum absolute atomic E-state index is 0.481. The minimum Gasteiger partial charge on any atom is -0.372 e. The maximum Gasteiger partial charge on any atom is 0.0707 e. The number of hydrogen-bond acceptors (Lipinski definition) is 3. The van der Waals surface area contributed by atoms with E-state index in [1.54, 1.807) is 0 Å². The first-order valence-corrected chi connectivity index (χ1v) is 7.19. The second-order valence-corrected chi connectivity index (χ2v) is 6.32. The van der Waals surface area contributed by atoms with Crippen molar-refractivity contribution in [2.75, 3.05) is 19.6 Å². The molecule has 3 heteroatoms. The van der Waals surface area contributed by atoms with Crippen LogP contribution >= 0.6 is 0 Å². The number of nitrogens with zero attached hydrogens (tertiary/aromatic N) is 1. The van der Waals surface area contributed by atoms with E-state index in [9.17, 15) is 0 Å². The van der Waals surface area contributed by atoms with Crippen molar-refractivity contribution in [2.24, 2.45) is 17.6 Å². The van der Waals surface area contributed by atoms with E-state index in [2.05, 4.69) is 25.7 Å². The summed E-state index contributed by atoms with van der Waals surface area (Å²) in [4.78, 5) is 2.60. The molecular formula is C14H28N2O. The zero-order chi connectivity index (χ0) is 12.4. The molecule has 2 heterocycles. The Hall–Kier alpha value is -0.120. The zero-order valence-electron chi connectivity index (χ0n) is 11.6. The van der Waals surface area contributed by atoms with E-state index in [0.717, 1.165) is 25.6 Å². The van der Waals surface area contributed by atoms with Crippen LogP contribution in [0.3, 0.4) is 0 Å². The summed E-state index contributed by atoms with van der Waals surface area (Å²) in [6.45, 7) is 9.93. The number of morpholine rings is 1. The molecule has 0 saturated carbocycles. The molecule has 2 aliphatic rings. The molecule has 0 aromatic carbocycles. The van der Waals surface area contributed by atoms with E-state index in [4.69, 9.17) is 10.5 Å². The van der Waals surface area contributed by atoms with Gasteiger partial charge in [-0.15, -0.1) is 0 Å². The van der Waals surface area contributed by atoms with Gasteiger partial charge in [0.2, 0.25) is 0 Å². The summed E-state index contributed by atoms with van der Waals surface area (Å²) in [7, 11) is 0. The number of hydrogen-bond donors (Lipinski definition) is 1. The fourth-order valence-corrected chi connectivity index (χ4v) is 3.56. The molecule has 0 spiro atoms. The number of likely N-dealkylation sites (tertiary alicyclic amines) is 1. The van der Waals surface area contributed by atoms with E-state index in [1.165, 1.54) is 19.3 Å². The Morgan fingerprint density at radius 1 is 1.18 bits per heavy atom. The third-order valence-corrected chi connectivity index (χ3v) is 4.28. The van der Waals surface area contributed by atoms with E-state index in [0.29, 0.717) is 24.2 Å². The lowest BCUT2D eigenvalue weighted by Crippen LogP contribution is -2.53. The van der Waals surface area contributed by atoms with Gasteiger partial charge < -0.3 is 10.5 Å². The molecule has 2 saturated heterocycles. The molecule has 2 N–H and O–H groups in total. The standard InChI is InChI=1S/C14H28N2O/c1-10(2)6-11(3)14(7-15)16-8-12-4-5-13(9-16)17-12/h10-14H,4-9,15H2,1-3H3. The summed E-state index contributed by atoms with van der Waals surface area (Å²) in [6, 6.07) is 0.546. The fourth-order valence-electron chi connectivity index (χ4n) is 3.56. The highest BCUT2D eigenvalue weighted by Crippen LogP contribution is 2.29. The van der Waals surface area contributed by atoms with Crippen LogP contribution in [-0.2, 0) is 4.74 Å². The Kier molecular flexibility index (Phi) is 4.45. The molecule has 2 aliphatic heterocycles. The van der Waals surface area contributed by atoms with Crippen molar-refractivity contribution < 1.29 is 4.74 Å². The van der Waals surface area contributed by atoms with E-state index in [-0.39, 0.29) is 0 Å². The van der Waals surface area contributed by atoms with Crippen molar-refractivity contribution in [3.63, 3.8) is 0 Å². The molecule has 2 bridgehead atoms. The molecule has 0 aromatic heterocycles. The van der Waals surface area contributed by atoms with Crippen LogP contribution in [0.25, 0.3) is 0 Å². The predicted octanol–water partition coefficient (Wildman–Crippen LogP) is 1.86. The molecule has 4 unspecified atom stereocenters. The topological polar surface area (TPSA) is 38.5 Å². The van der Waals surface area contributed by atoms with Crippen LogP contribution in [0.4, 0.5) is 0 Å². The SMILES string of the molecule is CC(C)CC(C)C(CN)N1CC2CCC(C1)O2. The van der Waals surface area contributed by atoms with Gasteiger partial charge in [0.1, 0.15) is 0 Å². The quantitative estimate of drug-likeness (QED) is 0.797. The molecule has 3 nitrogen and oxygen atoms in total. The van der Waals surface area contributed by atoms with Gasteiger partial charge in [0, 0.05) is 25.7 Å². The highest BCUT2D eigenvalue weighted by molar-refractivity contribution is 4.90. The van der Waals surface area contributed by atoms with Gasteiger partial charge in [-0.05, 0) is 31.1 Å². The fraction of sp³-hybridized carbons (Fsp3) is 1.00. The van der Waals surface area contributed by atoms with E-state index in [1.807, 2.05) is 0 Å². The Bertz CT molecular complexity index is 232.